The molecule has 0 bridgehead atoms. The number of fused-ring (bicyclic) bond motifs is 5. The third-order valence-corrected chi connectivity index (χ3v) is 12.6. The number of aryl methyl sites for hydroxylation is 1. The fraction of sp³-hybridized carbons (Fsp3) is 0.447. The Labute approximate surface area is 311 Å². The van der Waals surface area contributed by atoms with Crippen LogP contribution in [-0.2, 0) is 24.4 Å². The number of aromatic amines is 1. The van der Waals surface area contributed by atoms with Crippen molar-refractivity contribution in [3.63, 3.8) is 0 Å². The van der Waals surface area contributed by atoms with Crippen molar-refractivity contribution in [2.75, 3.05) is 6.54 Å². The van der Waals surface area contributed by atoms with Gasteiger partial charge in [0.15, 0.2) is 5.65 Å². The second kappa shape index (κ2) is 14.1. The van der Waals surface area contributed by atoms with Gasteiger partial charge in [-0.05, 0) is 75.1 Å². The van der Waals surface area contributed by atoms with E-state index in [9.17, 15) is 27.6 Å². The molecule has 1 aromatic carbocycles. The topological polar surface area (TPSA) is 205 Å². The molecule has 5 atom stereocenters. The zero-order chi connectivity index (χ0) is 37.6. The number of rotatable bonds is 7. The minimum Gasteiger partial charge on any atom is -0.472 e. The van der Waals surface area contributed by atoms with Gasteiger partial charge in [0.2, 0.25) is 27.7 Å². The molecular formula is C38H42N8O7S. The Kier molecular flexibility index (Phi) is 9.32. The lowest BCUT2D eigenvalue weighted by Gasteiger charge is -2.29. The highest BCUT2D eigenvalue weighted by molar-refractivity contribution is 7.91. The average Bonchev–Trinajstić information content (AvgIpc) is 4.05. The van der Waals surface area contributed by atoms with Gasteiger partial charge in [0.05, 0.1) is 11.8 Å². The Hall–Kier alpha value is -5.38. The molecule has 0 radical (unpaired) electrons. The highest BCUT2D eigenvalue weighted by Gasteiger charge is 2.62. The molecule has 54 heavy (non-hydrogen) atoms. The fourth-order valence-electron chi connectivity index (χ4n) is 7.62. The molecule has 5 heterocycles. The van der Waals surface area contributed by atoms with Crippen molar-refractivity contribution in [2.45, 2.75) is 93.7 Å². The third kappa shape index (κ3) is 7.01. The van der Waals surface area contributed by atoms with E-state index in [0.717, 1.165) is 29.0 Å². The third-order valence-electron chi connectivity index (χ3n) is 10.8. The van der Waals surface area contributed by atoms with Gasteiger partial charge in [0.1, 0.15) is 29.4 Å². The van der Waals surface area contributed by atoms with Crippen molar-refractivity contribution < 1.29 is 32.3 Å². The molecule has 3 fully saturated rings. The Balaban J connectivity index is 1.12. The van der Waals surface area contributed by atoms with Crippen LogP contribution in [-0.4, -0.2) is 92.6 Å². The Morgan fingerprint density at radius 1 is 1.02 bits per heavy atom. The number of carbonyl (C=O) groups excluding carboxylic acids is 4. The molecule has 2 aliphatic carbocycles. The van der Waals surface area contributed by atoms with Crippen molar-refractivity contribution in [1.82, 2.24) is 40.4 Å². The van der Waals surface area contributed by atoms with E-state index >= 15 is 0 Å². The van der Waals surface area contributed by atoms with Gasteiger partial charge in [0.25, 0.3) is 11.8 Å². The van der Waals surface area contributed by atoms with Gasteiger partial charge in [-0.2, -0.15) is 10.1 Å². The van der Waals surface area contributed by atoms with Crippen molar-refractivity contribution in [3.05, 3.63) is 72.2 Å². The van der Waals surface area contributed by atoms with Crippen LogP contribution in [0, 0.1) is 12.8 Å². The summed E-state index contributed by atoms with van der Waals surface area (Å²) in [7, 11) is -3.89. The van der Waals surface area contributed by atoms with Gasteiger partial charge in [-0.15, -0.1) is 0 Å². The summed E-state index contributed by atoms with van der Waals surface area (Å²) in [5.41, 5.74) is -0.207. The number of hydrogen-bond acceptors (Lipinski definition) is 10. The molecule has 0 unspecified atom stereocenters. The van der Waals surface area contributed by atoms with E-state index < -0.39 is 68.5 Å². The normalized spacial score (nSPS) is 26.9. The predicted molar refractivity (Wildman–Crippen MR) is 197 cm³/mol. The number of allylic oxidation sites excluding steroid dienone is 1. The van der Waals surface area contributed by atoms with Gasteiger partial charge >= 0.3 is 0 Å². The molecule has 15 nitrogen and oxygen atoms in total. The van der Waals surface area contributed by atoms with Crippen LogP contribution in [0.2, 0.25) is 0 Å². The molecule has 4 aromatic rings. The first-order valence-corrected chi connectivity index (χ1v) is 20.1. The molecule has 0 spiro atoms. The number of amides is 4. The lowest BCUT2D eigenvalue weighted by Crippen LogP contribution is -2.58. The van der Waals surface area contributed by atoms with Gasteiger partial charge in [-0.25, -0.2) is 13.4 Å². The summed E-state index contributed by atoms with van der Waals surface area (Å²) in [4.78, 5) is 66.7. The summed E-state index contributed by atoms with van der Waals surface area (Å²) in [5.74, 6) is -2.54. The maximum absolute atomic E-state index is 14.6. The van der Waals surface area contributed by atoms with Crippen LogP contribution < -0.4 is 20.1 Å². The number of hydrogen-bond donors (Lipinski definition) is 4. The number of aromatic nitrogens is 4. The number of sulfonamides is 1. The summed E-state index contributed by atoms with van der Waals surface area (Å²) < 4.78 is 34.5. The van der Waals surface area contributed by atoms with Crippen LogP contribution in [0.1, 0.15) is 74.0 Å². The number of pyridine rings is 2. The average molecular weight is 755 g/mol. The highest BCUT2D eigenvalue weighted by atomic mass is 32.2. The SMILES string of the molecule is Cc1cc(C(=O)N[C@H]2CCCCC/C=C\[C@@H]3C[C@@]3(C(=O)NS(=O)(=O)C3CC3)NC(=O)[C@@H]3C[C@@H](Oc4nc5ncccc5c5ccccc45)CN3C2=O)n[nH]1. The van der Waals surface area contributed by atoms with E-state index in [4.69, 9.17) is 9.72 Å². The first-order chi connectivity index (χ1) is 26.0. The fourth-order valence-corrected chi connectivity index (χ4v) is 8.98. The summed E-state index contributed by atoms with van der Waals surface area (Å²) >= 11 is 0. The summed E-state index contributed by atoms with van der Waals surface area (Å²) in [6, 6.07) is 10.9. The van der Waals surface area contributed by atoms with Crippen molar-refractivity contribution in [3.8, 4) is 5.88 Å². The van der Waals surface area contributed by atoms with E-state index in [2.05, 4.69) is 30.5 Å². The first kappa shape index (κ1) is 35.6. The summed E-state index contributed by atoms with van der Waals surface area (Å²) in [6.07, 6.45) is 9.17. The van der Waals surface area contributed by atoms with E-state index in [0.29, 0.717) is 49.3 Å². The van der Waals surface area contributed by atoms with Crippen LogP contribution in [0.3, 0.4) is 0 Å². The smallest absolute Gasteiger partial charge is 0.272 e. The molecule has 4 amide bonds. The number of benzene rings is 1. The van der Waals surface area contributed by atoms with Gasteiger partial charge in [0, 0.05) is 35.0 Å². The molecular weight excluding hydrogens is 713 g/mol. The second-order valence-corrected chi connectivity index (χ2v) is 16.8. The number of H-pyrrole nitrogens is 1. The molecule has 3 aromatic heterocycles. The van der Waals surface area contributed by atoms with Crippen LogP contribution >= 0.6 is 0 Å². The lowest BCUT2D eigenvalue weighted by atomic mass is 10.0. The lowest BCUT2D eigenvalue weighted by molar-refractivity contribution is -0.141. The summed E-state index contributed by atoms with van der Waals surface area (Å²) in [6.45, 7) is 1.75. The minimum atomic E-state index is -3.89. The largest absolute Gasteiger partial charge is 0.472 e. The van der Waals surface area contributed by atoms with E-state index in [1.165, 1.54) is 4.90 Å². The molecule has 8 rings (SSSR count). The Bertz CT molecular complexity index is 2290. The number of nitrogens with one attached hydrogen (secondary N) is 4. The molecule has 4 aliphatic rings. The van der Waals surface area contributed by atoms with Crippen molar-refractivity contribution in [2.24, 2.45) is 5.92 Å². The summed E-state index contributed by atoms with van der Waals surface area (Å²) in [5, 5.41) is 14.4. The van der Waals surface area contributed by atoms with Crippen molar-refractivity contribution in [1.29, 1.82) is 0 Å². The van der Waals surface area contributed by atoms with Crippen LogP contribution in [0.4, 0.5) is 0 Å². The molecule has 16 heteroatoms. The van der Waals surface area contributed by atoms with E-state index in [-0.39, 0.29) is 25.1 Å². The molecule has 2 saturated carbocycles. The quantitative estimate of drug-likeness (QED) is 0.160. The molecule has 4 N–H and O–H groups in total. The molecule has 282 valence electrons. The molecule has 2 aliphatic heterocycles. The maximum atomic E-state index is 14.6. The zero-order valence-corrected chi connectivity index (χ0v) is 30.6. The maximum Gasteiger partial charge on any atom is 0.272 e. The predicted octanol–water partition coefficient (Wildman–Crippen LogP) is 2.97. The minimum absolute atomic E-state index is 0.0142. The number of carbonyl (C=O) groups is 4. The number of nitrogens with zero attached hydrogens (tertiary/aromatic N) is 4. The highest BCUT2D eigenvalue weighted by Crippen LogP contribution is 2.46. The van der Waals surface area contributed by atoms with Crippen LogP contribution in [0.5, 0.6) is 5.88 Å². The Morgan fingerprint density at radius 3 is 2.59 bits per heavy atom. The van der Waals surface area contributed by atoms with Crippen LogP contribution in [0.25, 0.3) is 21.8 Å². The zero-order valence-electron chi connectivity index (χ0n) is 29.8. The Morgan fingerprint density at radius 2 is 1.81 bits per heavy atom. The second-order valence-electron chi connectivity index (χ2n) is 14.8. The molecule has 1 saturated heterocycles. The van der Waals surface area contributed by atoms with Crippen molar-refractivity contribution >= 4 is 55.5 Å². The first-order valence-electron chi connectivity index (χ1n) is 18.5. The van der Waals surface area contributed by atoms with E-state index in [1.54, 1.807) is 19.2 Å². The van der Waals surface area contributed by atoms with Gasteiger partial charge < -0.3 is 20.3 Å². The van der Waals surface area contributed by atoms with Gasteiger partial charge in [-0.3, -0.25) is 29.0 Å². The van der Waals surface area contributed by atoms with Crippen LogP contribution in [0.15, 0.2) is 60.8 Å². The monoisotopic (exact) mass is 754 g/mol. The number of ether oxygens (including phenoxy) is 1. The standard InChI is InChI=1S/C38H42N8O7S/c1-22-18-30(44-43-22)33(47)40-29-14-6-4-2-3-5-10-23-20-38(23,37(50)45-54(51,52)25-15-16-25)42-34(48)31-19-24(21-46(31)36(29)49)53-35-28-12-8-7-11-26(28)27-13-9-17-39-32(27)41-35/h5,7-13,17-18,23-25,29,31H,2-4,6,14-16,19-21H2,1H3,(H,40,47)(H,42,48)(H,43,44)(H,45,50)/b10-5-/t23-,24-,29+,31+,38-/m1/s1. The van der Waals surface area contributed by atoms with Gasteiger partial charge in [-0.1, -0.05) is 43.2 Å². The van der Waals surface area contributed by atoms with E-state index in [1.807, 2.05) is 48.6 Å².